The van der Waals surface area contributed by atoms with Crippen molar-refractivity contribution in [3.05, 3.63) is 41.5 Å². The number of amides is 2. The molecule has 0 atom stereocenters. The van der Waals surface area contributed by atoms with Crippen molar-refractivity contribution in [2.24, 2.45) is 10.8 Å². The Labute approximate surface area is 166 Å². The van der Waals surface area contributed by atoms with Crippen molar-refractivity contribution >= 4 is 18.0 Å². The molecule has 0 radical (unpaired) electrons. The summed E-state index contributed by atoms with van der Waals surface area (Å²) in [5.74, 6) is 0.898. The molecular weight excluding hydrogens is 382 g/mol. The molecule has 29 heavy (non-hydrogen) atoms. The number of benzene rings is 2. The monoisotopic (exact) mass is 401 g/mol. The molecular formula is C19H19N3O7. The Balaban J connectivity index is 1.72. The van der Waals surface area contributed by atoms with Gasteiger partial charge in [0.15, 0.2) is 29.6 Å². The number of methoxy groups -OCH3 is 2. The lowest BCUT2D eigenvalue weighted by Crippen LogP contribution is -2.20. The van der Waals surface area contributed by atoms with Gasteiger partial charge in [-0.3, -0.25) is 9.59 Å². The Morgan fingerprint density at radius 3 is 2.48 bits per heavy atom. The molecule has 0 unspecified atom stereocenters. The molecule has 0 saturated carbocycles. The van der Waals surface area contributed by atoms with Crippen LogP contribution in [-0.4, -0.2) is 45.6 Å². The fourth-order valence-electron chi connectivity index (χ4n) is 2.53. The molecule has 1 heterocycles. The molecule has 0 spiro atoms. The Hall–Kier alpha value is -3.95. The number of ether oxygens (including phenoxy) is 5. The number of nitrogens with zero attached hydrogens (tertiary/aromatic N) is 1. The fourth-order valence-corrected chi connectivity index (χ4v) is 2.53. The van der Waals surface area contributed by atoms with Crippen LogP contribution in [-0.2, 0) is 4.79 Å². The van der Waals surface area contributed by atoms with Gasteiger partial charge in [-0.1, -0.05) is 0 Å². The van der Waals surface area contributed by atoms with Crippen molar-refractivity contribution in [1.29, 1.82) is 0 Å². The number of rotatable bonds is 8. The summed E-state index contributed by atoms with van der Waals surface area (Å²) in [6, 6.07) is 8.05. The minimum Gasteiger partial charge on any atom is -0.493 e. The number of carbonyl (C=O) groups is 2. The number of carbonyl (C=O) groups excluding carboxylic acids is 2. The van der Waals surface area contributed by atoms with Crippen LogP contribution in [0.15, 0.2) is 35.4 Å². The van der Waals surface area contributed by atoms with E-state index in [1.165, 1.54) is 20.4 Å². The van der Waals surface area contributed by atoms with Crippen LogP contribution in [0.3, 0.4) is 0 Å². The normalized spacial score (nSPS) is 11.9. The van der Waals surface area contributed by atoms with Gasteiger partial charge in [-0.25, -0.2) is 5.43 Å². The zero-order chi connectivity index (χ0) is 20.8. The van der Waals surface area contributed by atoms with Crippen LogP contribution >= 0.6 is 0 Å². The van der Waals surface area contributed by atoms with E-state index in [4.69, 9.17) is 29.4 Å². The van der Waals surface area contributed by atoms with E-state index in [1.54, 1.807) is 30.3 Å². The third kappa shape index (κ3) is 4.67. The lowest BCUT2D eigenvalue weighted by molar-refractivity contribution is -0.120. The SMILES string of the molecule is COc1cc(/C=N\NC(=O)c2ccc3c(c2)OCO3)cc(OC)c1OCC(N)=O. The van der Waals surface area contributed by atoms with E-state index in [9.17, 15) is 9.59 Å². The second-order valence-corrected chi connectivity index (χ2v) is 5.78. The van der Waals surface area contributed by atoms with Gasteiger partial charge in [0, 0.05) is 11.1 Å². The first kappa shape index (κ1) is 19.8. The average molecular weight is 401 g/mol. The highest BCUT2D eigenvalue weighted by atomic mass is 16.7. The van der Waals surface area contributed by atoms with Crippen molar-refractivity contribution in [3.8, 4) is 28.7 Å². The molecule has 0 aliphatic carbocycles. The zero-order valence-electron chi connectivity index (χ0n) is 15.8. The van der Waals surface area contributed by atoms with Gasteiger partial charge in [0.1, 0.15) is 0 Å². The highest BCUT2D eigenvalue weighted by molar-refractivity contribution is 5.95. The average Bonchev–Trinajstić information content (AvgIpc) is 3.19. The molecule has 3 N–H and O–H groups in total. The molecule has 0 bridgehead atoms. The Morgan fingerprint density at radius 2 is 1.83 bits per heavy atom. The van der Waals surface area contributed by atoms with Crippen LogP contribution in [0, 0.1) is 0 Å². The smallest absolute Gasteiger partial charge is 0.271 e. The standard InChI is InChI=1S/C19H19N3O7/c1-25-15-5-11(6-16(26-2)18(15)27-9-17(20)23)8-21-22-19(24)12-3-4-13-14(7-12)29-10-28-13/h3-8H,9-10H2,1-2H3,(H2,20,23)(H,22,24)/b21-8-. The first-order valence-corrected chi connectivity index (χ1v) is 8.42. The van der Waals surface area contributed by atoms with E-state index in [2.05, 4.69) is 10.5 Å². The summed E-state index contributed by atoms with van der Waals surface area (Å²) in [6.07, 6.45) is 1.41. The Bertz CT molecular complexity index is 934. The molecule has 10 nitrogen and oxygen atoms in total. The van der Waals surface area contributed by atoms with Crippen molar-refractivity contribution in [2.75, 3.05) is 27.6 Å². The summed E-state index contributed by atoms with van der Waals surface area (Å²) < 4.78 is 26.3. The summed E-state index contributed by atoms with van der Waals surface area (Å²) in [7, 11) is 2.88. The lowest BCUT2D eigenvalue weighted by Gasteiger charge is -2.14. The third-order valence-corrected chi connectivity index (χ3v) is 3.86. The largest absolute Gasteiger partial charge is 0.493 e. The maximum absolute atomic E-state index is 12.2. The minimum atomic E-state index is -0.633. The van der Waals surface area contributed by atoms with Crippen molar-refractivity contribution in [3.63, 3.8) is 0 Å². The number of nitrogens with two attached hydrogens (primary N) is 1. The Morgan fingerprint density at radius 1 is 1.14 bits per heavy atom. The summed E-state index contributed by atoms with van der Waals surface area (Å²) in [5.41, 5.74) is 8.47. The van der Waals surface area contributed by atoms with E-state index < -0.39 is 11.8 Å². The van der Waals surface area contributed by atoms with Gasteiger partial charge in [0.2, 0.25) is 12.5 Å². The van der Waals surface area contributed by atoms with Gasteiger partial charge in [0.25, 0.3) is 11.8 Å². The van der Waals surface area contributed by atoms with Crippen LogP contribution in [0.1, 0.15) is 15.9 Å². The molecule has 10 heteroatoms. The van der Waals surface area contributed by atoms with Crippen molar-refractivity contribution < 1.29 is 33.3 Å². The number of nitrogens with one attached hydrogen (secondary N) is 1. The summed E-state index contributed by atoms with van der Waals surface area (Å²) in [4.78, 5) is 23.2. The fraction of sp³-hybridized carbons (Fsp3) is 0.211. The maximum Gasteiger partial charge on any atom is 0.271 e. The topological polar surface area (TPSA) is 131 Å². The molecule has 0 saturated heterocycles. The van der Waals surface area contributed by atoms with Gasteiger partial charge in [-0.05, 0) is 30.3 Å². The summed E-state index contributed by atoms with van der Waals surface area (Å²) in [5, 5.41) is 3.94. The number of primary amides is 1. The van der Waals surface area contributed by atoms with E-state index in [1.807, 2.05) is 0 Å². The van der Waals surface area contributed by atoms with Crippen LogP contribution in [0.4, 0.5) is 0 Å². The van der Waals surface area contributed by atoms with Crippen LogP contribution < -0.4 is 34.8 Å². The molecule has 1 aliphatic heterocycles. The molecule has 1 aliphatic rings. The zero-order valence-corrected chi connectivity index (χ0v) is 15.8. The second kappa shape index (κ2) is 8.83. The molecule has 2 aromatic carbocycles. The molecule has 2 aromatic rings. The first-order chi connectivity index (χ1) is 14.0. The highest BCUT2D eigenvalue weighted by Gasteiger charge is 2.17. The van der Waals surface area contributed by atoms with Gasteiger partial charge < -0.3 is 29.4 Å². The third-order valence-electron chi connectivity index (χ3n) is 3.86. The number of hydrogen-bond donors (Lipinski definition) is 2. The number of fused-ring (bicyclic) bond motifs is 1. The van der Waals surface area contributed by atoms with Crippen LogP contribution in [0.25, 0.3) is 0 Å². The van der Waals surface area contributed by atoms with Gasteiger partial charge in [-0.2, -0.15) is 5.10 Å². The van der Waals surface area contributed by atoms with Crippen molar-refractivity contribution in [1.82, 2.24) is 5.43 Å². The van der Waals surface area contributed by atoms with Crippen LogP contribution in [0.2, 0.25) is 0 Å². The molecule has 0 fully saturated rings. The predicted molar refractivity (Wildman–Crippen MR) is 102 cm³/mol. The molecule has 2 amide bonds. The van der Waals surface area contributed by atoms with Gasteiger partial charge in [0.05, 0.1) is 20.4 Å². The van der Waals surface area contributed by atoms with E-state index in [0.717, 1.165) is 0 Å². The first-order valence-electron chi connectivity index (χ1n) is 8.42. The van der Waals surface area contributed by atoms with Gasteiger partial charge in [-0.15, -0.1) is 0 Å². The minimum absolute atomic E-state index is 0.126. The summed E-state index contributed by atoms with van der Waals surface area (Å²) in [6.45, 7) is -0.201. The number of hydrogen-bond acceptors (Lipinski definition) is 8. The van der Waals surface area contributed by atoms with E-state index in [0.29, 0.717) is 34.1 Å². The molecule has 0 aromatic heterocycles. The van der Waals surface area contributed by atoms with Crippen molar-refractivity contribution in [2.45, 2.75) is 0 Å². The van der Waals surface area contributed by atoms with E-state index in [-0.39, 0.29) is 19.1 Å². The Kier molecular flexibility index (Phi) is 6.03. The lowest BCUT2D eigenvalue weighted by atomic mass is 10.2. The van der Waals surface area contributed by atoms with Gasteiger partial charge >= 0.3 is 0 Å². The number of hydrazone groups is 1. The molecule has 152 valence electrons. The summed E-state index contributed by atoms with van der Waals surface area (Å²) >= 11 is 0. The quantitative estimate of drug-likeness (QED) is 0.499. The van der Waals surface area contributed by atoms with Crippen LogP contribution in [0.5, 0.6) is 28.7 Å². The highest BCUT2D eigenvalue weighted by Crippen LogP contribution is 2.38. The predicted octanol–water partition coefficient (Wildman–Crippen LogP) is 1.06. The maximum atomic E-state index is 12.2. The van der Waals surface area contributed by atoms with E-state index >= 15 is 0 Å². The second-order valence-electron chi connectivity index (χ2n) is 5.78. The molecule has 3 rings (SSSR count).